The van der Waals surface area contributed by atoms with Crippen molar-refractivity contribution in [1.29, 1.82) is 0 Å². The van der Waals surface area contributed by atoms with Crippen molar-refractivity contribution in [2.75, 3.05) is 6.61 Å². The summed E-state index contributed by atoms with van der Waals surface area (Å²) >= 11 is 0. The SMILES string of the molecule is CC1(C)COC2=C(CCC=C2)C1. The number of hydrogen-bond donors (Lipinski definition) is 0. The summed E-state index contributed by atoms with van der Waals surface area (Å²) in [4.78, 5) is 0. The van der Waals surface area contributed by atoms with Gasteiger partial charge in [0, 0.05) is 5.41 Å². The third-order valence-electron chi connectivity index (χ3n) is 2.54. The summed E-state index contributed by atoms with van der Waals surface area (Å²) in [6, 6.07) is 0. The number of ether oxygens (including phenoxy) is 1. The maximum atomic E-state index is 5.69. The standard InChI is InChI=1S/C11H16O/c1-11(2)7-9-5-3-4-6-10(9)12-8-11/h4,6H,3,5,7-8H2,1-2H3. The molecule has 0 saturated heterocycles. The Labute approximate surface area is 74.1 Å². The Morgan fingerprint density at radius 3 is 3.08 bits per heavy atom. The van der Waals surface area contributed by atoms with Crippen LogP contribution in [0.3, 0.4) is 0 Å². The molecule has 66 valence electrons. The van der Waals surface area contributed by atoms with Gasteiger partial charge in [0.2, 0.25) is 0 Å². The molecule has 1 aliphatic carbocycles. The van der Waals surface area contributed by atoms with Gasteiger partial charge in [-0.05, 0) is 30.9 Å². The fraction of sp³-hybridized carbons (Fsp3) is 0.636. The Morgan fingerprint density at radius 1 is 1.42 bits per heavy atom. The number of hydrogen-bond acceptors (Lipinski definition) is 1. The lowest BCUT2D eigenvalue weighted by atomic mass is 9.81. The number of allylic oxidation sites excluding steroid dienone is 3. The maximum absolute atomic E-state index is 5.69. The summed E-state index contributed by atoms with van der Waals surface area (Å²) in [5.74, 6) is 1.15. The fourth-order valence-corrected chi connectivity index (χ4v) is 1.92. The highest BCUT2D eigenvalue weighted by molar-refractivity contribution is 5.27. The second-order valence-electron chi connectivity index (χ2n) is 4.54. The van der Waals surface area contributed by atoms with E-state index in [1.54, 1.807) is 0 Å². The van der Waals surface area contributed by atoms with Crippen molar-refractivity contribution >= 4 is 0 Å². The molecular weight excluding hydrogens is 148 g/mol. The van der Waals surface area contributed by atoms with E-state index >= 15 is 0 Å². The molecule has 12 heavy (non-hydrogen) atoms. The van der Waals surface area contributed by atoms with Crippen molar-refractivity contribution in [3.8, 4) is 0 Å². The van der Waals surface area contributed by atoms with Gasteiger partial charge in [0.25, 0.3) is 0 Å². The minimum atomic E-state index is 0.351. The van der Waals surface area contributed by atoms with E-state index in [1.165, 1.54) is 24.8 Å². The fourth-order valence-electron chi connectivity index (χ4n) is 1.92. The van der Waals surface area contributed by atoms with Gasteiger partial charge in [-0.15, -0.1) is 0 Å². The molecule has 0 unspecified atom stereocenters. The topological polar surface area (TPSA) is 9.23 Å². The zero-order valence-electron chi connectivity index (χ0n) is 7.89. The van der Waals surface area contributed by atoms with Crippen LogP contribution >= 0.6 is 0 Å². The lowest BCUT2D eigenvalue weighted by Gasteiger charge is -2.33. The van der Waals surface area contributed by atoms with Gasteiger partial charge >= 0.3 is 0 Å². The average Bonchev–Trinajstić information content (AvgIpc) is 2.02. The second-order valence-corrected chi connectivity index (χ2v) is 4.54. The first-order valence-electron chi connectivity index (χ1n) is 4.69. The van der Waals surface area contributed by atoms with Crippen LogP contribution in [0.2, 0.25) is 0 Å². The van der Waals surface area contributed by atoms with Crippen LogP contribution in [0.4, 0.5) is 0 Å². The molecule has 1 heterocycles. The highest BCUT2D eigenvalue weighted by Crippen LogP contribution is 2.37. The van der Waals surface area contributed by atoms with Crippen LogP contribution in [-0.2, 0) is 4.74 Å². The molecule has 2 aliphatic rings. The van der Waals surface area contributed by atoms with Gasteiger partial charge in [-0.25, -0.2) is 0 Å². The Hall–Kier alpha value is -0.720. The second kappa shape index (κ2) is 2.65. The van der Waals surface area contributed by atoms with Gasteiger partial charge in [0.05, 0.1) is 6.61 Å². The predicted octanol–water partition coefficient (Wildman–Crippen LogP) is 3.04. The van der Waals surface area contributed by atoms with Gasteiger partial charge in [0.1, 0.15) is 5.76 Å². The predicted molar refractivity (Wildman–Crippen MR) is 49.8 cm³/mol. The maximum Gasteiger partial charge on any atom is 0.118 e. The van der Waals surface area contributed by atoms with Crippen molar-refractivity contribution in [3.63, 3.8) is 0 Å². The molecule has 1 nitrogen and oxygen atoms in total. The van der Waals surface area contributed by atoms with Crippen molar-refractivity contribution < 1.29 is 4.74 Å². The molecule has 0 fully saturated rings. The third-order valence-corrected chi connectivity index (χ3v) is 2.54. The van der Waals surface area contributed by atoms with E-state index < -0.39 is 0 Å². The van der Waals surface area contributed by atoms with E-state index in [9.17, 15) is 0 Å². The average molecular weight is 164 g/mol. The van der Waals surface area contributed by atoms with Crippen LogP contribution < -0.4 is 0 Å². The molecule has 0 amide bonds. The van der Waals surface area contributed by atoms with E-state index in [0.29, 0.717) is 5.41 Å². The van der Waals surface area contributed by atoms with E-state index in [2.05, 4.69) is 26.0 Å². The quantitative estimate of drug-likeness (QED) is 0.534. The minimum absolute atomic E-state index is 0.351. The third kappa shape index (κ3) is 1.40. The van der Waals surface area contributed by atoms with Gasteiger partial charge in [-0.2, -0.15) is 0 Å². The molecule has 0 aromatic heterocycles. The summed E-state index contributed by atoms with van der Waals surface area (Å²) in [5, 5.41) is 0. The van der Waals surface area contributed by atoms with Gasteiger partial charge in [-0.1, -0.05) is 19.9 Å². The van der Waals surface area contributed by atoms with Crippen molar-refractivity contribution in [1.82, 2.24) is 0 Å². The Morgan fingerprint density at radius 2 is 2.25 bits per heavy atom. The van der Waals surface area contributed by atoms with E-state index in [-0.39, 0.29) is 0 Å². The smallest absolute Gasteiger partial charge is 0.118 e. The summed E-state index contributed by atoms with van der Waals surface area (Å²) in [7, 11) is 0. The minimum Gasteiger partial charge on any atom is -0.493 e. The van der Waals surface area contributed by atoms with Crippen molar-refractivity contribution in [3.05, 3.63) is 23.5 Å². The first-order valence-corrected chi connectivity index (χ1v) is 4.69. The van der Waals surface area contributed by atoms with Gasteiger partial charge < -0.3 is 4.74 Å². The van der Waals surface area contributed by atoms with Gasteiger partial charge in [-0.3, -0.25) is 0 Å². The van der Waals surface area contributed by atoms with Crippen LogP contribution in [0.25, 0.3) is 0 Å². The molecule has 0 aromatic rings. The molecule has 0 N–H and O–H groups in total. The molecule has 0 bridgehead atoms. The molecule has 0 saturated carbocycles. The first-order chi connectivity index (χ1) is 5.67. The van der Waals surface area contributed by atoms with Crippen molar-refractivity contribution in [2.24, 2.45) is 5.41 Å². The lowest BCUT2D eigenvalue weighted by molar-refractivity contribution is 0.0945. The highest BCUT2D eigenvalue weighted by Gasteiger charge is 2.27. The van der Waals surface area contributed by atoms with Crippen LogP contribution in [0, 0.1) is 5.41 Å². The monoisotopic (exact) mass is 164 g/mol. The van der Waals surface area contributed by atoms with Crippen LogP contribution in [0.15, 0.2) is 23.5 Å². The molecule has 1 aliphatic heterocycles. The number of rotatable bonds is 0. The summed E-state index contributed by atoms with van der Waals surface area (Å²) in [6.45, 7) is 5.42. The zero-order chi connectivity index (χ0) is 8.60. The van der Waals surface area contributed by atoms with Crippen molar-refractivity contribution in [2.45, 2.75) is 33.1 Å². The van der Waals surface area contributed by atoms with E-state index in [0.717, 1.165) is 12.4 Å². The molecule has 0 aromatic carbocycles. The van der Waals surface area contributed by atoms with Crippen LogP contribution in [-0.4, -0.2) is 6.61 Å². The van der Waals surface area contributed by atoms with E-state index in [4.69, 9.17) is 4.74 Å². The first kappa shape index (κ1) is 7.90. The molecule has 2 rings (SSSR count). The Kier molecular flexibility index (Phi) is 1.75. The Bertz CT molecular complexity index is 246. The zero-order valence-corrected chi connectivity index (χ0v) is 7.89. The van der Waals surface area contributed by atoms with Gasteiger partial charge in [0.15, 0.2) is 0 Å². The lowest BCUT2D eigenvalue weighted by Crippen LogP contribution is -2.25. The van der Waals surface area contributed by atoms with E-state index in [1.807, 2.05) is 0 Å². The molecule has 0 radical (unpaired) electrons. The molecular formula is C11H16O. The summed E-state index contributed by atoms with van der Waals surface area (Å²) < 4.78 is 5.69. The highest BCUT2D eigenvalue weighted by atomic mass is 16.5. The summed E-state index contributed by atoms with van der Waals surface area (Å²) in [5.41, 5.74) is 1.87. The van der Waals surface area contributed by atoms with Crippen LogP contribution in [0.5, 0.6) is 0 Å². The molecule has 0 spiro atoms. The molecule has 1 heteroatoms. The van der Waals surface area contributed by atoms with Crippen LogP contribution in [0.1, 0.15) is 33.1 Å². The normalized spacial score (nSPS) is 26.5. The molecule has 0 atom stereocenters. The largest absolute Gasteiger partial charge is 0.493 e. The summed E-state index contributed by atoms with van der Waals surface area (Å²) in [6.07, 6.45) is 7.95. The Balaban J connectivity index is 2.22.